The number of benzene rings is 1. The number of nitrogens with zero attached hydrogens (tertiary/aromatic N) is 2. The maximum atomic E-state index is 10.8. The standard InChI is InChI=1S/C8H6N3O/c9-8(12)11-7-4-2-1-3-6(7)5-10-11/h1-3,5H,(H2,9,12). The molecule has 2 N–H and O–H groups in total. The van der Waals surface area contributed by atoms with Gasteiger partial charge in [0.15, 0.2) is 0 Å². The Morgan fingerprint density at radius 3 is 3.25 bits per heavy atom. The van der Waals surface area contributed by atoms with Crippen LogP contribution in [0.5, 0.6) is 0 Å². The van der Waals surface area contributed by atoms with Gasteiger partial charge in [0.1, 0.15) is 0 Å². The van der Waals surface area contributed by atoms with Gasteiger partial charge in [0.2, 0.25) is 0 Å². The van der Waals surface area contributed by atoms with Gasteiger partial charge >= 0.3 is 6.03 Å². The molecule has 0 unspecified atom stereocenters. The predicted molar refractivity (Wildman–Crippen MR) is 43.6 cm³/mol. The summed E-state index contributed by atoms with van der Waals surface area (Å²) in [5.41, 5.74) is 5.68. The van der Waals surface area contributed by atoms with E-state index in [-0.39, 0.29) is 0 Å². The summed E-state index contributed by atoms with van der Waals surface area (Å²) in [5, 5.41) is 4.66. The fourth-order valence-electron chi connectivity index (χ4n) is 1.07. The Morgan fingerprint density at radius 1 is 1.67 bits per heavy atom. The molecular weight excluding hydrogens is 154 g/mol. The minimum atomic E-state index is -0.590. The van der Waals surface area contributed by atoms with Crippen LogP contribution in [-0.2, 0) is 0 Å². The summed E-state index contributed by atoms with van der Waals surface area (Å²) in [7, 11) is 0. The summed E-state index contributed by atoms with van der Waals surface area (Å²) >= 11 is 0. The van der Waals surface area contributed by atoms with Crippen LogP contribution in [0.15, 0.2) is 24.4 Å². The second-order valence-corrected chi connectivity index (χ2v) is 2.37. The van der Waals surface area contributed by atoms with E-state index >= 15 is 0 Å². The van der Waals surface area contributed by atoms with E-state index in [9.17, 15) is 4.79 Å². The van der Waals surface area contributed by atoms with Crippen molar-refractivity contribution in [2.45, 2.75) is 0 Å². The maximum absolute atomic E-state index is 10.8. The Balaban J connectivity index is 2.79. The Bertz CT molecular complexity index is 433. The van der Waals surface area contributed by atoms with Gasteiger partial charge in [-0.15, -0.1) is 0 Å². The van der Waals surface area contributed by atoms with Crippen molar-refractivity contribution in [3.05, 3.63) is 30.5 Å². The van der Waals surface area contributed by atoms with Gasteiger partial charge in [-0.25, -0.2) is 4.79 Å². The van der Waals surface area contributed by atoms with Gasteiger partial charge in [-0.05, 0) is 0 Å². The van der Waals surface area contributed by atoms with Crippen LogP contribution in [0.4, 0.5) is 4.79 Å². The number of para-hydroxylation sites is 1. The molecule has 1 aromatic heterocycles. The minimum Gasteiger partial charge on any atom is -0.350 e. The van der Waals surface area contributed by atoms with Crippen molar-refractivity contribution in [1.29, 1.82) is 0 Å². The second-order valence-electron chi connectivity index (χ2n) is 2.37. The quantitative estimate of drug-likeness (QED) is 0.618. The van der Waals surface area contributed by atoms with E-state index in [2.05, 4.69) is 11.2 Å². The molecule has 2 aromatic rings. The number of nitrogens with two attached hydrogens (primary N) is 1. The molecule has 4 nitrogen and oxygen atoms in total. The number of carbonyl (C=O) groups excluding carboxylic acids is 1. The molecule has 0 aliphatic rings. The predicted octanol–water partition coefficient (Wildman–Crippen LogP) is 0.763. The van der Waals surface area contributed by atoms with Gasteiger partial charge in [0.25, 0.3) is 0 Å². The summed E-state index contributed by atoms with van der Waals surface area (Å²) in [4.78, 5) is 10.8. The molecule has 0 saturated heterocycles. The third-order valence-corrected chi connectivity index (χ3v) is 1.60. The molecule has 1 aromatic carbocycles. The van der Waals surface area contributed by atoms with Crippen LogP contribution in [0.25, 0.3) is 10.9 Å². The first-order valence-electron chi connectivity index (χ1n) is 3.43. The largest absolute Gasteiger partial charge is 0.350 e. The average Bonchev–Trinajstić information content (AvgIpc) is 2.47. The molecule has 59 valence electrons. The molecule has 0 aliphatic heterocycles. The van der Waals surface area contributed by atoms with E-state index in [0.29, 0.717) is 5.52 Å². The highest BCUT2D eigenvalue weighted by atomic mass is 16.2. The van der Waals surface area contributed by atoms with Crippen molar-refractivity contribution in [2.75, 3.05) is 0 Å². The van der Waals surface area contributed by atoms with Crippen LogP contribution < -0.4 is 5.73 Å². The van der Waals surface area contributed by atoms with Crippen molar-refractivity contribution in [2.24, 2.45) is 5.73 Å². The SMILES string of the molecule is NC(=O)n1ncc2ccc[c]c21. The van der Waals surface area contributed by atoms with Gasteiger partial charge in [-0.1, -0.05) is 18.2 Å². The first kappa shape index (κ1) is 6.84. The lowest BCUT2D eigenvalue weighted by Gasteiger charge is -1.93. The summed E-state index contributed by atoms with van der Waals surface area (Å²) < 4.78 is 1.12. The van der Waals surface area contributed by atoms with Crippen molar-refractivity contribution >= 4 is 16.9 Å². The molecular formula is C8H6N3O. The maximum Gasteiger partial charge on any atom is 0.340 e. The zero-order valence-electron chi connectivity index (χ0n) is 6.19. The van der Waals surface area contributed by atoms with E-state index in [1.54, 1.807) is 12.3 Å². The molecule has 12 heavy (non-hydrogen) atoms. The van der Waals surface area contributed by atoms with Crippen molar-refractivity contribution in [3.63, 3.8) is 0 Å². The zero-order valence-corrected chi connectivity index (χ0v) is 6.19. The number of amides is 1. The number of rotatable bonds is 0. The molecule has 1 amide bonds. The lowest BCUT2D eigenvalue weighted by Crippen LogP contribution is -2.20. The van der Waals surface area contributed by atoms with Crippen LogP contribution in [-0.4, -0.2) is 15.8 Å². The Kier molecular flexibility index (Phi) is 1.33. The minimum absolute atomic E-state index is 0.590. The third kappa shape index (κ3) is 0.852. The molecule has 2 rings (SSSR count). The number of hydrogen-bond donors (Lipinski definition) is 1. The molecule has 4 heteroatoms. The number of fused-ring (bicyclic) bond motifs is 1. The lowest BCUT2D eigenvalue weighted by molar-refractivity contribution is 0.248. The van der Waals surface area contributed by atoms with Crippen molar-refractivity contribution in [1.82, 2.24) is 9.78 Å². The van der Waals surface area contributed by atoms with Crippen molar-refractivity contribution < 1.29 is 4.79 Å². The number of carbonyl (C=O) groups is 1. The topological polar surface area (TPSA) is 60.9 Å². The summed E-state index contributed by atoms with van der Waals surface area (Å²) in [5.74, 6) is 0. The first-order valence-corrected chi connectivity index (χ1v) is 3.43. The highest BCUT2D eigenvalue weighted by molar-refractivity contribution is 5.88. The van der Waals surface area contributed by atoms with Gasteiger partial charge < -0.3 is 5.73 Å². The summed E-state index contributed by atoms with van der Waals surface area (Å²) in [6, 6.07) is 7.68. The molecule has 0 atom stereocenters. The fourth-order valence-corrected chi connectivity index (χ4v) is 1.07. The molecule has 1 heterocycles. The highest BCUT2D eigenvalue weighted by Gasteiger charge is 2.04. The molecule has 0 bridgehead atoms. The van der Waals surface area contributed by atoms with Crippen LogP contribution in [0.1, 0.15) is 0 Å². The van der Waals surface area contributed by atoms with Gasteiger partial charge in [-0.3, -0.25) is 0 Å². The molecule has 0 saturated carbocycles. The van der Waals surface area contributed by atoms with Crippen LogP contribution in [0, 0.1) is 6.07 Å². The summed E-state index contributed by atoms with van der Waals surface area (Å²) in [6.45, 7) is 0. The lowest BCUT2D eigenvalue weighted by atomic mass is 10.3. The van der Waals surface area contributed by atoms with Crippen LogP contribution in [0.3, 0.4) is 0 Å². The molecule has 1 radical (unpaired) electrons. The number of aromatic nitrogens is 2. The van der Waals surface area contributed by atoms with Gasteiger partial charge in [0, 0.05) is 11.5 Å². The Hall–Kier alpha value is -1.84. The Labute approximate surface area is 68.6 Å². The van der Waals surface area contributed by atoms with E-state index in [1.165, 1.54) is 0 Å². The second kappa shape index (κ2) is 2.34. The van der Waals surface area contributed by atoms with Gasteiger partial charge in [-0.2, -0.15) is 9.78 Å². The van der Waals surface area contributed by atoms with E-state index < -0.39 is 6.03 Å². The average molecular weight is 160 g/mol. The Morgan fingerprint density at radius 2 is 2.50 bits per heavy atom. The number of primary amides is 1. The molecule has 0 fully saturated rings. The van der Waals surface area contributed by atoms with Gasteiger partial charge in [0.05, 0.1) is 11.7 Å². The smallest absolute Gasteiger partial charge is 0.340 e. The normalized spacial score (nSPS) is 10.3. The fraction of sp³-hybridized carbons (Fsp3) is 0. The molecule has 0 spiro atoms. The van der Waals surface area contributed by atoms with Crippen molar-refractivity contribution in [3.8, 4) is 0 Å². The molecule has 0 aliphatic carbocycles. The summed E-state index contributed by atoms with van der Waals surface area (Å²) in [6.07, 6.45) is 1.58. The number of hydrogen-bond acceptors (Lipinski definition) is 2. The van der Waals surface area contributed by atoms with E-state index in [0.717, 1.165) is 10.1 Å². The monoisotopic (exact) mass is 160 g/mol. The highest BCUT2D eigenvalue weighted by Crippen LogP contribution is 2.10. The van der Waals surface area contributed by atoms with E-state index in [1.807, 2.05) is 12.1 Å². The van der Waals surface area contributed by atoms with Crippen LogP contribution in [0.2, 0.25) is 0 Å². The zero-order chi connectivity index (χ0) is 8.55. The third-order valence-electron chi connectivity index (χ3n) is 1.60. The van der Waals surface area contributed by atoms with Crippen LogP contribution >= 0.6 is 0 Å². The van der Waals surface area contributed by atoms with E-state index in [4.69, 9.17) is 5.73 Å². The first-order chi connectivity index (χ1) is 5.79.